The van der Waals surface area contributed by atoms with E-state index in [9.17, 15) is 0 Å². The van der Waals surface area contributed by atoms with E-state index in [1.54, 1.807) is 0 Å². The van der Waals surface area contributed by atoms with Crippen molar-refractivity contribution in [2.75, 3.05) is 7.05 Å². The number of aliphatic imine (C=N–C) groups is 1. The Morgan fingerprint density at radius 2 is 2.11 bits per heavy atom. The van der Waals surface area contributed by atoms with Gasteiger partial charge in [0, 0.05) is 29.5 Å². The van der Waals surface area contributed by atoms with Gasteiger partial charge in [-0.3, -0.25) is 4.99 Å². The summed E-state index contributed by atoms with van der Waals surface area (Å²) in [6.45, 7) is 4.35. The molecule has 19 heavy (non-hydrogen) atoms. The molecule has 3 unspecified atom stereocenters. The van der Waals surface area contributed by atoms with Crippen LogP contribution in [0, 0.1) is 0 Å². The van der Waals surface area contributed by atoms with Gasteiger partial charge in [-0.05, 0) is 37.5 Å². The lowest BCUT2D eigenvalue weighted by molar-refractivity contribution is 0.622. The fraction of sp³-hybridized carbons (Fsp3) is 0.533. The highest BCUT2D eigenvalue weighted by atomic mass is 79.9. The van der Waals surface area contributed by atoms with Crippen molar-refractivity contribution in [3.8, 4) is 0 Å². The molecular formula is C15H22BrN3. The van der Waals surface area contributed by atoms with Crippen LogP contribution in [-0.4, -0.2) is 25.1 Å². The van der Waals surface area contributed by atoms with Crippen LogP contribution in [0.25, 0.3) is 0 Å². The molecule has 0 aliphatic heterocycles. The lowest BCUT2D eigenvalue weighted by Gasteiger charge is -2.16. The average Bonchev–Trinajstić information content (AvgIpc) is 3.17. The maximum atomic E-state index is 4.29. The summed E-state index contributed by atoms with van der Waals surface area (Å²) in [5.41, 5.74) is 1.40. The summed E-state index contributed by atoms with van der Waals surface area (Å²) < 4.78 is 1.13. The third-order valence-electron chi connectivity index (χ3n) is 3.63. The third-order valence-corrected chi connectivity index (χ3v) is 4.16. The molecule has 2 N–H and O–H groups in total. The second-order valence-corrected chi connectivity index (χ2v) is 6.09. The first kappa shape index (κ1) is 14.4. The molecule has 1 aliphatic carbocycles. The molecule has 1 aromatic rings. The number of benzene rings is 1. The molecule has 2 rings (SSSR count). The fourth-order valence-electron chi connectivity index (χ4n) is 2.11. The van der Waals surface area contributed by atoms with Crippen LogP contribution in [0.2, 0.25) is 0 Å². The molecule has 0 radical (unpaired) electrons. The molecule has 0 spiro atoms. The lowest BCUT2D eigenvalue weighted by atomic mass is 10.1. The van der Waals surface area contributed by atoms with Crippen LogP contribution in [0.1, 0.15) is 38.2 Å². The number of hydrogen-bond acceptors (Lipinski definition) is 1. The molecule has 104 valence electrons. The molecule has 0 bridgehead atoms. The van der Waals surface area contributed by atoms with E-state index in [1.165, 1.54) is 12.0 Å². The number of nitrogens with zero attached hydrogens (tertiary/aromatic N) is 1. The summed E-state index contributed by atoms with van der Waals surface area (Å²) in [4.78, 5) is 4.29. The zero-order chi connectivity index (χ0) is 13.8. The van der Waals surface area contributed by atoms with Gasteiger partial charge in [-0.1, -0.05) is 35.0 Å². The van der Waals surface area contributed by atoms with Gasteiger partial charge in [0.1, 0.15) is 0 Å². The molecule has 3 nitrogen and oxygen atoms in total. The number of halogens is 1. The van der Waals surface area contributed by atoms with Crippen molar-refractivity contribution in [2.24, 2.45) is 4.99 Å². The van der Waals surface area contributed by atoms with Crippen molar-refractivity contribution >= 4 is 21.9 Å². The minimum absolute atomic E-state index is 0.455. The molecule has 0 amide bonds. The zero-order valence-corrected chi connectivity index (χ0v) is 13.4. The highest BCUT2D eigenvalue weighted by Gasteiger charge is 2.38. The monoisotopic (exact) mass is 323 g/mol. The average molecular weight is 324 g/mol. The van der Waals surface area contributed by atoms with Crippen LogP contribution in [0.3, 0.4) is 0 Å². The number of guanidine groups is 1. The first-order chi connectivity index (χ1) is 9.13. The van der Waals surface area contributed by atoms with Gasteiger partial charge in [0.05, 0.1) is 0 Å². The summed E-state index contributed by atoms with van der Waals surface area (Å²) in [6, 6.07) is 9.57. The summed E-state index contributed by atoms with van der Waals surface area (Å²) in [6.07, 6.45) is 2.28. The fourth-order valence-corrected chi connectivity index (χ4v) is 2.38. The van der Waals surface area contributed by atoms with Crippen molar-refractivity contribution in [1.82, 2.24) is 10.6 Å². The summed E-state index contributed by atoms with van der Waals surface area (Å²) in [5.74, 6) is 1.53. The molecule has 0 heterocycles. The van der Waals surface area contributed by atoms with Gasteiger partial charge >= 0.3 is 0 Å². The molecule has 0 saturated heterocycles. The summed E-state index contributed by atoms with van der Waals surface area (Å²) in [5, 5.41) is 6.90. The van der Waals surface area contributed by atoms with Crippen molar-refractivity contribution in [3.05, 3.63) is 34.3 Å². The van der Waals surface area contributed by atoms with Crippen LogP contribution >= 0.6 is 15.9 Å². The summed E-state index contributed by atoms with van der Waals surface area (Å²) >= 11 is 3.47. The topological polar surface area (TPSA) is 36.4 Å². The summed E-state index contributed by atoms with van der Waals surface area (Å²) in [7, 11) is 1.83. The quantitative estimate of drug-likeness (QED) is 0.659. The molecule has 1 aromatic carbocycles. The Morgan fingerprint density at radius 1 is 1.42 bits per heavy atom. The van der Waals surface area contributed by atoms with Crippen molar-refractivity contribution in [3.63, 3.8) is 0 Å². The van der Waals surface area contributed by atoms with E-state index >= 15 is 0 Å². The number of hydrogen-bond donors (Lipinski definition) is 2. The second kappa shape index (κ2) is 6.42. The second-order valence-electron chi connectivity index (χ2n) is 5.17. The van der Waals surface area contributed by atoms with E-state index in [0.29, 0.717) is 18.0 Å². The van der Waals surface area contributed by atoms with E-state index < -0.39 is 0 Å². The standard InChI is InChI=1S/C15H22BrN3/c1-4-10(2)18-15(17-3)19-14-9-13(14)11-5-7-12(16)8-6-11/h5-8,10,13-14H,4,9H2,1-3H3,(H2,17,18,19). The van der Waals surface area contributed by atoms with E-state index in [0.717, 1.165) is 16.9 Å². The van der Waals surface area contributed by atoms with Crippen LogP contribution in [-0.2, 0) is 0 Å². The number of nitrogens with one attached hydrogen (secondary N) is 2. The normalized spacial score (nSPS) is 23.9. The van der Waals surface area contributed by atoms with E-state index in [4.69, 9.17) is 0 Å². The minimum Gasteiger partial charge on any atom is -0.354 e. The molecule has 3 atom stereocenters. The molecule has 1 fully saturated rings. The highest BCUT2D eigenvalue weighted by Crippen LogP contribution is 2.40. The maximum absolute atomic E-state index is 4.29. The smallest absolute Gasteiger partial charge is 0.191 e. The van der Waals surface area contributed by atoms with Gasteiger partial charge < -0.3 is 10.6 Å². The molecule has 1 aliphatic rings. The van der Waals surface area contributed by atoms with Crippen LogP contribution in [0.4, 0.5) is 0 Å². The first-order valence-corrected chi connectivity index (χ1v) is 7.68. The van der Waals surface area contributed by atoms with Gasteiger partial charge in [-0.25, -0.2) is 0 Å². The zero-order valence-electron chi connectivity index (χ0n) is 11.8. The van der Waals surface area contributed by atoms with Gasteiger partial charge in [0.25, 0.3) is 0 Å². The molecular weight excluding hydrogens is 302 g/mol. The van der Waals surface area contributed by atoms with E-state index in [1.807, 2.05) is 7.05 Å². The maximum Gasteiger partial charge on any atom is 0.191 e. The third kappa shape index (κ3) is 3.96. The van der Waals surface area contributed by atoms with E-state index in [2.05, 4.69) is 69.7 Å². The Bertz CT molecular complexity index is 441. The first-order valence-electron chi connectivity index (χ1n) is 6.89. The van der Waals surface area contributed by atoms with Gasteiger partial charge in [0.2, 0.25) is 0 Å². The van der Waals surface area contributed by atoms with Crippen LogP contribution < -0.4 is 10.6 Å². The van der Waals surface area contributed by atoms with Crippen LogP contribution in [0.5, 0.6) is 0 Å². The van der Waals surface area contributed by atoms with E-state index in [-0.39, 0.29) is 0 Å². The highest BCUT2D eigenvalue weighted by molar-refractivity contribution is 9.10. The Kier molecular flexibility index (Phi) is 4.86. The molecule has 0 aromatic heterocycles. The molecule has 1 saturated carbocycles. The Morgan fingerprint density at radius 3 is 2.68 bits per heavy atom. The lowest BCUT2D eigenvalue weighted by Crippen LogP contribution is -2.43. The minimum atomic E-state index is 0.455. The molecule has 4 heteroatoms. The Balaban J connectivity index is 1.87. The van der Waals surface area contributed by atoms with Gasteiger partial charge in [-0.15, -0.1) is 0 Å². The largest absolute Gasteiger partial charge is 0.354 e. The van der Waals surface area contributed by atoms with Gasteiger partial charge in [0.15, 0.2) is 5.96 Å². The Labute approximate surface area is 124 Å². The predicted octanol–water partition coefficient (Wildman–Crippen LogP) is 3.27. The van der Waals surface area contributed by atoms with Crippen molar-refractivity contribution in [2.45, 2.75) is 44.7 Å². The van der Waals surface area contributed by atoms with Crippen molar-refractivity contribution in [1.29, 1.82) is 0 Å². The number of rotatable bonds is 4. The SMILES string of the molecule is CCC(C)NC(=NC)NC1CC1c1ccc(Br)cc1. The van der Waals surface area contributed by atoms with Crippen molar-refractivity contribution < 1.29 is 0 Å². The predicted molar refractivity (Wildman–Crippen MR) is 84.7 cm³/mol. The van der Waals surface area contributed by atoms with Crippen LogP contribution in [0.15, 0.2) is 33.7 Å². The Hall–Kier alpha value is -1.03. The van der Waals surface area contributed by atoms with Gasteiger partial charge in [-0.2, -0.15) is 0 Å².